The number of H-pyrrole nitrogens is 2. The third kappa shape index (κ3) is 3.83. The molecule has 0 radical (unpaired) electrons. The molecule has 2 heterocycles. The van der Waals surface area contributed by atoms with Crippen LogP contribution in [0.5, 0.6) is 0 Å². The van der Waals surface area contributed by atoms with Crippen LogP contribution in [-0.4, -0.2) is 31.6 Å². The van der Waals surface area contributed by atoms with Gasteiger partial charge in [0.2, 0.25) is 5.91 Å². The minimum absolute atomic E-state index is 0.117. The highest BCUT2D eigenvalue weighted by Crippen LogP contribution is 2.17. The first-order valence-corrected chi connectivity index (χ1v) is 7.52. The van der Waals surface area contributed by atoms with Crippen LogP contribution in [0.3, 0.4) is 0 Å². The second-order valence-electron chi connectivity index (χ2n) is 5.34. The summed E-state index contributed by atoms with van der Waals surface area (Å²) in [4.78, 5) is 40.1. The number of imidazole rings is 1. The van der Waals surface area contributed by atoms with Gasteiger partial charge in [0.1, 0.15) is 11.7 Å². The van der Waals surface area contributed by atoms with Crippen molar-refractivity contribution in [1.29, 1.82) is 0 Å². The molecule has 3 rings (SSSR count). The zero-order valence-electron chi connectivity index (χ0n) is 13.3. The van der Waals surface area contributed by atoms with Crippen LogP contribution in [0, 0.1) is 0 Å². The summed E-state index contributed by atoms with van der Waals surface area (Å²) in [6.07, 6.45) is 4.60. The number of hydrogen-bond donors (Lipinski definition) is 4. The lowest BCUT2D eigenvalue weighted by molar-refractivity contribution is -0.119. The molecule has 3 aromatic rings. The number of nitrogens with one attached hydrogen (secondary N) is 4. The van der Waals surface area contributed by atoms with Crippen LogP contribution < -0.4 is 16.3 Å². The lowest BCUT2D eigenvalue weighted by atomic mass is 10.2. The quantitative estimate of drug-likeness (QED) is 0.559. The Bertz CT molecular complexity index is 941. The number of anilines is 2. The molecule has 25 heavy (non-hydrogen) atoms. The molecule has 9 nitrogen and oxygen atoms in total. The van der Waals surface area contributed by atoms with Gasteiger partial charge < -0.3 is 20.6 Å². The van der Waals surface area contributed by atoms with Crippen molar-refractivity contribution in [2.45, 2.75) is 13.0 Å². The first-order valence-electron chi connectivity index (χ1n) is 7.52. The normalized spacial score (nSPS) is 11.7. The third-order valence-corrected chi connectivity index (χ3v) is 3.53. The SMILES string of the molecule is CC(C(=O)Nc1cccc(NC(=O)c2c[nH]c(=O)[nH]2)c1)n1cccn1. The molecule has 0 spiro atoms. The summed E-state index contributed by atoms with van der Waals surface area (Å²) in [5.74, 6) is -0.700. The zero-order valence-corrected chi connectivity index (χ0v) is 13.3. The second-order valence-corrected chi connectivity index (χ2v) is 5.34. The summed E-state index contributed by atoms with van der Waals surface area (Å²) < 4.78 is 1.54. The molecule has 2 aromatic heterocycles. The van der Waals surface area contributed by atoms with Crippen molar-refractivity contribution in [3.8, 4) is 0 Å². The first-order chi connectivity index (χ1) is 12.0. The number of nitrogens with zero attached hydrogens (tertiary/aromatic N) is 2. The topological polar surface area (TPSA) is 125 Å². The molecule has 1 aromatic carbocycles. The van der Waals surface area contributed by atoms with Crippen LogP contribution in [0.2, 0.25) is 0 Å². The van der Waals surface area contributed by atoms with Crippen molar-refractivity contribution in [3.05, 3.63) is 65.1 Å². The third-order valence-electron chi connectivity index (χ3n) is 3.53. The van der Waals surface area contributed by atoms with Gasteiger partial charge in [-0.3, -0.25) is 14.3 Å². The van der Waals surface area contributed by atoms with E-state index in [0.717, 1.165) is 0 Å². The summed E-state index contributed by atoms with van der Waals surface area (Å²) in [5.41, 5.74) is 0.673. The molecule has 4 N–H and O–H groups in total. The molecule has 1 unspecified atom stereocenters. The fourth-order valence-corrected chi connectivity index (χ4v) is 2.20. The molecule has 0 saturated carbocycles. The van der Waals surface area contributed by atoms with E-state index in [1.165, 1.54) is 6.20 Å². The Hall–Kier alpha value is -3.62. The maximum absolute atomic E-state index is 12.3. The highest BCUT2D eigenvalue weighted by molar-refractivity contribution is 6.03. The van der Waals surface area contributed by atoms with Crippen LogP contribution >= 0.6 is 0 Å². The van der Waals surface area contributed by atoms with Crippen LogP contribution in [0.4, 0.5) is 11.4 Å². The standard InChI is InChI=1S/C16H16N6O3/c1-10(22-7-3-6-18-22)14(23)19-11-4-2-5-12(8-11)20-15(24)13-9-17-16(25)21-13/h2-10H,1H3,(H,19,23)(H,20,24)(H2,17,21,25). The molecular weight excluding hydrogens is 324 g/mol. The van der Waals surface area contributed by atoms with Crippen molar-refractivity contribution in [3.63, 3.8) is 0 Å². The van der Waals surface area contributed by atoms with Crippen molar-refractivity contribution in [1.82, 2.24) is 19.7 Å². The van der Waals surface area contributed by atoms with Crippen LogP contribution in [-0.2, 0) is 4.79 Å². The van der Waals surface area contributed by atoms with Gasteiger partial charge in [-0.2, -0.15) is 5.10 Å². The summed E-state index contributed by atoms with van der Waals surface area (Å²) in [6.45, 7) is 1.73. The van der Waals surface area contributed by atoms with Gasteiger partial charge >= 0.3 is 5.69 Å². The highest BCUT2D eigenvalue weighted by Gasteiger charge is 2.15. The van der Waals surface area contributed by atoms with E-state index < -0.39 is 17.6 Å². The minimum Gasteiger partial charge on any atom is -0.324 e. The van der Waals surface area contributed by atoms with Crippen molar-refractivity contribution < 1.29 is 9.59 Å². The molecule has 1 atom stereocenters. The van der Waals surface area contributed by atoms with Gasteiger partial charge in [0.25, 0.3) is 5.91 Å². The molecular formula is C16H16N6O3. The Morgan fingerprint density at radius 2 is 1.96 bits per heavy atom. The summed E-state index contributed by atoms with van der Waals surface area (Å²) in [7, 11) is 0. The Morgan fingerprint density at radius 3 is 2.60 bits per heavy atom. The maximum atomic E-state index is 12.3. The Morgan fingerprint density at radius 1 is 1.20 bits per heavy atom. The summed E-state index contributed by atoms with van der Waals surface area (Å²) in [5, 5.41) is 9.45. The van der Waals surface area contributed by atoms with E-state index in [1.54, 1.807) is 54.3 Å². The maximum Gasteiger partial charge on any atom is 0.323 e. The molecule has 2 amide bonds. The highest BCUT2D eigenvalue weighted by atomic mass is 16.2. The number of amides is 2. The smallest absolute Gasteiger partial charge is 0.323 e. The van der Waals surface area contributed by atoms with E-state index >= 15 is 0 Å². The minimum atomic E-state index is -0.474. The van der Waals surface area contributed by atoms with Gasteiger partial charge in [0.05, 0.1) is 0 Å². The summed E-state index contributed by atoms with van der Waals surface area (Å²) >= 11 is 0. The number of aromatic amines is 2. The molecule has 0 saturated heterocycles. The number of carbonyl (C=O) groups excluding carboxylic acids is 2. The number of rotatable bonds is 5. The molecule has 128 valence electrons. The second kappa shape index (κ2) is 6.87. The van der Waals surface area contributed by atoms with Crippen molar-refractivity contribution >= 4 is 23.2 Å². The summed E-state index contributed by atoms with van der Waals surface area (Å²) in [6, 6.07) is 7.97. The van der Waals surface area contributed by atoms with Crippen LogP contribution in [0.1, 0.15) is 23.5 Å². The average Bonchev–Trinajstić information content (AvgIpc) is 3.26. The number of benzene rings is 1. The van der Waals surface area contributed by atoms with Crippen molar-refractivity contribution in [2.75, 3.05) is 10.6 Å². The lowest BCUT2D eigenvalue weighted by Crippen LogP contribution is -2.24. The van der Waals surface area contributed by atoms with Gasteiger partial charge in [-0.1, -0.05) is 6.07 Å². The van der Waals surface area contributed by atoms with E-state index in [9.17, 15) is 14.4 Å². The Labute approximate surface area is 142 Å². The van der Waals surface area contributed by atoms with Gasteiger partial charge in [-0.15, -0.1) is 0 Å². The molecule has 0 aliphatic rings. The molecule has 0 fully saturated rings. The Kier molecular flexibility index (Phi) is 4.46. The largest absolute Gasteiger partial charge is 0.324 e. The van der Waals surface area contributed by atoms with Crippen LogP contribution in [0.15, 0.2) is 53.7 Å². The van der Waals surface area contributed by atoms with E-state index in [1.807, 2.05) is 0 Å². The van der Waals surface area contributed by atoms with E-state index in [0.29, 0.717) is 11.4 Å². The van der Waals surface area contributed by atoms with Gasteiger partial charge in [0.15, 0.2) is 0 Å². The van der Waals surface area contributed by atoms with Crippen LogP contribution in [0.25, 0.3) is 0 Å². The average molecular weight is 340 g/mol. The Balaban J connectivity index is 1.68. The molecule has 9 heteroatoms. The number of aromatic nitrogens is 4. The monoisotopic (exact) mass is 340 g/mol. The van der Waals surface area contributed by atoms with Crippen molar-refractivity contribution in [2.24, 2.45) is 0 Å². The van der Waals surface area contributed by atoms with E-state index in [2.05, 4.69) is 25.7 Å². The predicted molar refractivity (Wildman–Crippen MR) is 91.4 cm³/mol. The predicted octanol–water partition coefficient (Wildman–Crippen LogP) is 1.35. The fraction of sp³-hybridized carbons (Fsp3) is 0.125. The van der Waals surface area contributed by atoms with Gasteiger partial charge in [-0.25, -0.2) is 4.79 Å². The molecule has 0 aliphatic carbocycles. The zero-order chi connectivity index (χ0) is 17.8. The lowest BCUT2D eigenvalue weighted by Gasteiger charge is -2.13. The number of carbonyl (C=O) groups is 2. The molecule has 0 aliphatic heterocycles. The van der Waals surface area contributed by atoms with E-state index in [-0.39, 0.29) is 11.6 Å². The van der Waals surface area contributed by atoms with E-state index in [4.69, 9.17) is 0 Å². The van der Waals surface area contributed by atoms with Gasteiger partial charge in [0, 0.05) is 30.0 Å². The number of hydrogen-bond acceptors (Lipinski definition) is 4. The fourth-order valence-electron chi connectivity index (χ4n) is 2.20. The molecule has 0 bridgehead atoms. The van der Waals surface area contributed by atoms with Gasteiger partial charge in [-0.05, 0) is 31.2 Å². The first kappa shape index (κ1) is 16.2.